The number of nitrogens with zero attached hydrogens (tertiary/aromatic N) is 2. The van der Waals surface area contributed by atoms with Crippen molar-refractivity contribution in [1.29, 1.82) is 0 Å². The van der Waals surface area contributed by atoms with Crippen LogP contribution in [-0.4, -0.2) is 37.1 Å². The molecule has 2 heterocycles. The topological polar surface area (TPSA) is 79.4 Å². The molecule has 0 aliphatic carbocycles. The molecule has 1 N–H and O–H groups in total. The Morgan fingerprint density at radius 1 is 1.22 bits per heavy atom. The molecule has 0 bridgehead atoms. The van der Waals surface area contributed by atoms with Gasteiger partial charge >= 0.3 is 6.03 Å². The van der Waals surface area contributed by atoms with E-state index >= 15 is 0 Å². The zero-order valence-corrected chi connectivity index (χ0v) is 13.5. The summed E-state index contributed by atoms with van der Waals surface area (Å²) in [5, 5.41) is 2.74. The van der Waals surface area contributed by atoms with Crippen molar-refractivity contribution in [2.45, 2.75) is 17.5 Å². The van der Waals surface area contributed by atoms with Crippen molar-refractivity contribution in [2.75, 3.05) is 18.1 Å². The van der Waals surface area contributed by atoms with Gasteiger partial charge in [-0.05, 0) is 24.1 Å². The summed E-state index contributed by atoms with van der Waals surface area (Å²) in [6.07, 6.45) is 3.38. The summed E-state index contributed by atoms with van der Waals surface area (Å²) in [5.74, 6) is 0. The Labute approximate surface area is 135 Å². The summed E-state index contributed by atoms with van der Waals surface area (Å²) in [6.45, 7) is 0.695. The number of hydrogen-bond donors (Lipinski definition) is 1. The molecule has 0 unspecified atom stereocenters. The van der Waals surface area contributed by atoms with E-state index in [1.165, 1.54) is 12.3 Å². The van der Waals surface area contributed by atoms with Crippen LogP contribution in [0, 0.1) is 0 Å². The van der Waals surface area contributed by atoms with Crippen molar-refractivity contribution in [2.24, 2.45) is 0 Å². The van der Waals surface area contributed by atoms with Crippen LogP contribution in [0.5, 0.6) is 0 Å². The van der Waals surface area contributed by atoms with E-state index in [0.717, 1.165) is 18.2 Å². The second-order valence-electron chi connectivity index (χ2n) is 5.50. The zero-order chi connectivity index (χ0) is 16.4. The lowest BCUT2D eigenvalue weighted by molar-refractivity contribution is 0.126. The predicted octanol–water partition coefficient (Wildman–Crippen LogP) is 2.46. The van der Waals surface area contributed by atoms with Crippen LogP contribution in [0.2, 0.25) is 0 Å². The average Bonchev–Trinajstić information content (AvgIpc) is 2.46. The summed E-state index contributed by atoms with van der Waals surface area (Å²) in [5.41, 5.74) is 1.58. The fraction of sp³-hybridized carbons (Fsp3) is 0.250. The third kappa shape index (κ3) is 3.34. The number of rotatable bonds is 3. The maximum atomic E-state index is 12.3. The van der Waals surface area contributed by atoms with Gasteiger partial charge in [-0.3, -0.25) is 0 Å². The van der Waals surface area contributed by atoms with Crippen LogP contribution in [0.15, 0.2) is 53.7 Å². The van der Waals surface area contributed by atoms with Crippen molar-refractivity contribution in [1.82, 2.24) is 9.88 Å². The second-order valence-corrected chi connectivity index (χ2v) is 7.46. The maximum absolute atomic E-state index is 12.3. The number of nitrogens with one attached hydrogen (secondary N) is 1. The van der Waals surface area contributed by atoms with Gasteiger partial charge in [0.2, 0.25) is 0 Å². The minimum Gasteiger partial charge on any atom is -0.317 e. The average molecular weight is 331 g/mol. The van der Waals surface area contributed by atoms with Gasteiger partial charge in [-0.25, -0.2) is 18.2 Å². The van der Waals surface area contributed by atoms with Gasteiger partial charge < -0.3 is 10.2 Å². The number of hydrogen-bond acceptors (Lipinski definition) is 4. The molecule has 2 amide bonds. The number of pyridine rings is 1. The minimum atomic E-state index is -3.34. The summed E-state index contributed by atoms with van der Waals surface area (Å²) in [6, 6.07) is 12.7. The highest BCUT2D eigenvalue weighted by Gasteiger charge is 2.33. The molecule has 6 nitrogen and oxygen atoms in total. The first kappa shape index (κ1) is 15.5. The number of amides is 2. The molecule has 2 aromatic rings. The normalized spacial score (nSPS) is 17.4. The van der Waals surface area contributed by atoms with Gasteiger partial charge in [-0.15, -0.1) is 0 Å². The lowest BCUT2D eigenvalue weighted by Gasteiger charge is -2.41. The molecule has 1 aromatic carbocycles. The Hall–Kier alpha value is -2.41. The van der Waals surface area contributed by atoms with E-state index in [-0.39, 0.29) is 17.1 Å². The fourth-order valence-corrected chi connectivity index (χ4v) is 3.08. The number of sulfone groups is 1. The SMILES string of the molecule is CS(=O)(=O)c1ccc(NC(=O)N2CC[C@H]2c2ccccc2)cn1. The highest BCUT2D eigenvalue weighted by Crippen LogP contribution is 2.33. The Balaban J connectivity index is 1.68. The van der Waals surface area contributed by atoms with Crippen LogP contribution < -0.4 is 5.32 Å². The van der Waals surface area contributed by atoms with Crippen molar-refractivity contribution < 1.29 is 13.2 Å². The van der Waals surface area contributed by atoms with E-state index in [4.69, 9.17) is 0 Å². The van der Waals surface area contributed by atoms with Crippen LogP contribution in [0.1, 0.15) is 18.0 Å². The molecule has 1 aliphatic heterocycles. The van der Waals surface area contributed by atoms with Crippen molar-refractivity contribution in [3.8, 4) is 0 Å². The van der Waals surface area contributed by atoms with Gasteiger partial charge in [0.15, 0.2) is 14.9 Å². The maximum Gasteiger partial charge on any atom is 0.322 e. The fourth-order valence-electron chi connectivity index (χ4n) is 2.52. The van der Waals surface area contributed by atoms with E-state index in [2.05, 4.69) is 10.3 Å². The summed E-state index contributed by atoms with van der Waals surface area (Å²) in [4.78, 5) is 17.9. The zero-order valence-electron chi connectivity index (χ0n) is 12.6. The van der Waals surface area contributed by atoms with Gasteiger partial charge in [0.05, 0.1) is 17.9 Å². The van der Waals surface area contributed by atoms with Crippen LogP contribution in [0.25, 0.3) is 0 Å². The third-order valence-electron chi connectivity index (χ3n) is 3.83. The first-order valence-electron chi connectivity index (χ1n) is 7.24. The number of urea groups is 1. The molecule has 1 saturated heterocycles. The van der Waals surface area contributed by atoms with E-state index in [0.29, 0.717) is 12.2 Å². The molecule has 0 spiro atoms. The van der Waals surface area contributed by atoms with Gasteiger partial charge in [0, 0.05) is 12.8 Å². The smallest absolute Gasteiger partial charge is 0.317 e. The number of anilines is 1. The Morgan fingerprint density at radius 3 is 2.48 bits per heavy atom. The molecule has 1 atom stereocenters. The number of aromatic nitrogens is 1. The number of benzene rings is 1. The molecule has 120 valence electrons. The monoisotopic (exact) mass is 331 g/mol. The van der Waals surface area contributed by atoms with E-state index in [9.17, 15) is 13.2 Å². The Kier molecular flexibility index (Phi) is 4.04. The highest BCUT2D eigenvalue weighted by atomic mass is 32.2. The predicted molar refractivity (Wildman–Crippen MR) is 86.9 cm³/mol. The van der Waals surface area contributed by atoms with Gasteiger partial charge in [-0.2, -0.15) is 0 Å². The molecule has 7 heteroatoms. The third-order valence-corrected chi connectivity index (χ3v) is 4.83. The van der Waals surface area contributed by atoms with Gasteiger partial charge in [0.1, 0.15) is 0 Å². The standard InChI is InChI=1S/C16H17N3O3S/c1-23(21,22)15-8-7-13(11-17-15)18-16(20)19-10-9-14(19)12-5-3-2-4-6-12/h2-8,11,14H,9-10H2,1H3,(H,18,20)/t14-/m0/s1. The minimum absolute atomic E-state index is 0.0124. The Bertz CT molecular complexity index is 804. The number of likely N-dealkylation sites (tertiary alicyclic amines) is 1. The highest BCUT2D eigenvalue weighted by molar-refractivity contribution is 7.90. The Morgan fingerprint density at radius 2 is 1.96 bits per heavy atom. The summed E-state index contributed by atoms with van der Waals surface area (Å²) < 4.78 is 22.7. The molecule has 23 heavy (non-hydrogen) atoms. The van der Waals surface area contributed by atoms with Crippen molar-refractivity contribution in [3.63, 3.8) is 0 Å². The van der Waals surface area contributed by atoms with Crippen LogP contribution in [0.4, 0.5) is 10.5 Å². The van der Waals surface area contributed by atoms with Crippen molar-refractivity contribution in [3.05, 3.63) is 54.2 Å². The first-order chi connectivity index (χ1) is 10.9. The first-order valence-corrected chi connectivity index (χ1v) is 9.13. The molecule has 1 aliphatic rings. The lowest BCUT2D eigenvalue weighted by atomic mass is 9.95. The summed E-state index contributed by atoms with van der Waals surface area (Å²) >= 11 is 0. The van der Waals surface area contributed by atoms with Gasteiger partial charge in [0.25, 0.3) is 0 Å². The molecular weight excluding hydrogens is 314 g/mol. The molecule has 1 aromatic heterocycles. The number of carbonyl (C=O) groups is 1. The van der Waals surface area contributed by atoms with E-state index in [1.807, 2.05) is 30.3 Å². The quantitative estimate of drug-likeness (QED) is 0.937. The number of carbonyl (C=O) groups excluding carboxylic acids is 1. The second kappa shape index (κ2) is 6.00. The van der Waals surface area contributed by atoms with E-state index < -0.39 is 9.84 Å². The molecular formula is C16H17N3O3S. The van der Waals surface area contributed by atoms with Gasteiger partial charge in [-0.1, -0.05) is 30.3 Å². The van der Waals surface area contributed by atoms with Crippen LogP contribution >= 0.6 is 0 Å². The molecule has 1 fully saturated rings. The van der Waals surface area contributed by atoms with Crippen LogP contribution in [-0.2, 0) is 9.84 Å². The van der Waals surface area contributed by atoms with E-state index in [1.54, 1.807) is 11.0 Å². The molecule has 0 radical (unpaired) electrons. The van der Waals surface area contributed by atoms with Crippen molar-refractivity contribution >= 4 is 21.6 Å². The largest absolute Gasteiger partial charge is 0.322 e. The molecule has 3 rings (SSSR count). The van der Waals surface area contributed by atoms with Crippen LogP contribution in [0.3, 0.4) is 0 Å². The summed E-state index contributed by atoms with van der Waals surface area (Å²) in [7, 11) is -3.34. The lowest BCUT2D eigenvalue weighted by Crippen LogP contribution is -2.47. The molecule has 0 saturated carbocycles.